The van der Waals surface area contributed by atoms with E-state index >= 15 is 0 Å². The Morgan fingerprint density at radius 1 is 0.727 bits per heavy atom. The molecule has 0 aromatic rings. The largest absolute Gasteiger partial charge is 0.103 e. The highest BCUT2D eigenvalue weighted by Crippen LogP contribution is 2.77. The molecule has 0 N–H and O–H groups in total. The first-order valence-corrected chi connectivity index (χ1v) is 7.22. The van der Waals surface area contributed by atoms with E-state index in [4.69, 9.17) is 0 Å². The van der Waals surface area contributed by atoms with Crippen LogP contribution in [0.15, 0.2) is 0 Å². The lowest BCUT2D eigenvalue weighted by atomic mass is 10.9. The van der Waals surface area contributed by atoms with Gasteiger partial charge in [-0.2, -0.15) is 0 Å². The summed E-state index contributed by atoms with van der Waals surface area (Å²) in [6, 6.07) is 0. The summed E-state index contributed by atoms with van der Waals surface area (Å²) >= 11 is 0. The highest BCUT2D eigenvalue weighted by atomic mass is 31.2. The maximum Gasteiger partial charge on any atom is -0.0210 e. The van der Waals surface area contributed by atoms with Crippen molar-refractivity contribution in [3.8, 4) is 0 Å². The minimum Gasteiger partial charge on any atom is -0.103 e. The van der Waals surface area contributed by atoms with Crippen molar-refractivity contribution in [2.45, 2.75) is 55.5 Å². The van der Waals surface area contributed by atoms with Gasteiger partial charge in [0.1, 0.15) is 0 Å². The Labute approximate surface area is 69.3 Å². The van der Waals surface area contributed by atoms with Gasteiger partial charge in [-0.15, -0.1) is 6.89 Å². The zero-order valence-electron chi connectivity index (χ0n) is 7.13. The zero-order valence-corrected chi connectivity index (χ0v) is 8.02. The van der Waals surface area contributed by atoms with Crippen LogP contribution in [0.2, 0.25) is 0 Å². The molecule has 0 saturated heterocycles. The summed E-state index contributed by atoms with van der Waals surface area (Å²) < 4.78 is 0. The van der Waals surface area contributed by atoms with E-state index in [-0.39, 0.29) is 0 Å². The van der Waals surface area contributed by atoms with Crippen molar-refractivity contribution < 1.29 is 0 Å². The van der Waals surface area contributed by atoms with E-state index in [1.165, 1.54) is 0 Å². The molecule has 62 valence electrons. The van der Waals surface area contributed by atoms with Crippen molar-refractivity contribution in [2.75, 3.05) is 0 Å². The fraction of sp³-hybridized carbons (Fsp3) is 0.900. The van der Waals surface area contributed by atoms with Crippen LogP contribution in [0.25, 0.3) is 0 Å². The molecule has 0 aromatic heterocycles. The van der Waals surface area contributed by atoms with E-state index in [2.05, 4.69) is 6.30 Å². The van der Waals surface area contributed by atoms with Gasteiger partial charge in [0.15, 0.2) is 0 Å². The minimum atomic E-state index is -0.602. The van der Waals surface area contributed by atoms with Crippen LogP contribution >= 0.6 is 6.89 Å². The lowest BCUT2D eigenvalue weighted by Crippen LogP contribution is -2.00. The molecule has 0 bridgehead atoms. The van der Waals surface area contributed by atoms with Crippen molar-refractivity contribution in [3.63, 3.8) is 0 Å². The van der Waals surface area contributed by atoms with Crippen molar-refractivity contribution in [2.24, 2.45) is 0 Å². The molecule has 0 radical (unpaired) electrons. The number of hydrogen-bond acceptors (Lipinski definition) is 0. The van der Waals surface area contributed by atoms with Crippen LogP contribution in [0.5, 0.6) is 0 Å². The number of rotatable bonds is 3. The van der Waals surface area contributed by atoms with Crippen molar-refractivity contribution >= 4 is 13.2 Å². The van der Waals surface area contributed by atoms with Crippen LogP contribution in [0.1, 0.15) is 38.5 Å². The van der Waals surface area contributed by atoms with Crippen LogP contribution in [0.4, 0.5) is 0 Å². The lowest BCUT2D eigenvalue weighted by Gasteiger charge is -2.23. The average molecular weight is 168 g/mol. The smallest absolute Gasteiger partial charge is 0.0210 e. The van der Waals surface area contributed by atoms with Crippen LogP contribution in [0.3, 0.4) is 0 Å². The fourth-order valence-corrected chi connectivity index (χ4v) is 7.68. The molecule has 0 nitrogen and oxygen atoms in total. The molecule has 3 saturated carbocycles. The summed E-state index contributed by atoms with van der Waals surface area (Å²) in [7, 11) is 0. The second-order valence-electron chi connectivity index (χ2n) is 4.69. The predicted octanol–water partition coefficient (Wildman–Crippen LogP) is 2.92. The van der Waals surface area contributed by atoms with E-state index in [1.807, 2.05) is 0 Å². The van der Waals surface area contributed by atoms with Crippen LogP contribution in [-0.2, 0) is 0 Å². The molecule has 11 heavy (non-hydrogen) atoms. The lowest BCUT2D eigenvalue weighted by molar-refractivity contribution is 1.28. The van der Waals surface area contributed by atoms with Gasteiger partial charge in [0.25, 0.3) is 0 Å². The Balaban J connectivity index is 1.88. The third kappa shape index (κ3) is 0.952. The molecule has 0 aromatic carbocycles. The Hall–Kier alpha value is 0.300. The Kier molecular flexibility index (Phi) is 1.21. The van der Waals surface area contributed by atoms with Gasteiger partial charge < -0.3 is 0 Å². The Morgan fingerprint density at radius 3 is 1.18 bits per heavy atom. The van der Waals surface area contributed by atoms with Gasteiger partial charge in [-0.3, -0.25) is 0 Å². The topological polar surface area (TPSA) is 0 Å². The maximum absolute atomic E-state index is 4.67. The fourth-order valence-electron chi connectivity index (χ4n) is 2.56. The number of hydrogen-bond donors (Lipinski definition) is 0. The van der Waals surface area contributed by atoms with E-state index in [0.717, 1.165) is 17.0 Å². The van der Waals surface area contributed by atoms with Crippen LogP contribution in [0, 0.1) is 0 Å². The normalized spacial score (nSPS) is 32.4. The van der Waals surface area contributed by atoms with Crippen LogP contribution < -0.4 is 0 Å². The van der Waals surface area contributed by atoms with E-state index in [1.54, 1.807) is 38.5 Å². The maximum atomic E-state index is 4.67. The quantitative estimate of drug-likeness (QED) is 0.568. The van der Waals surface area contributed by atoms with Crippen LogP contribution in [-0.4, -0.2) is 23.3 Å². The van der Waals surface area contributed by atoms with Gasteiger partial charge in [0, 0.05) is 0 Å². The van der Waals surface area contributed by atoms with E-state index in [9.17, 15) is 0 Å². The van der Waals surface area contributed by atoms with Crippen molar-refractivity contribution in [3.05, 3.63) is 0 Å². The summed E-state index contributed by atoms with van der Waals surface area (Å²) in [6.07, 6.45) is 13.9. The third-order valence-corrected chi connectivity index (χ3v) is 9.31. The molecule has 3 fully saturated rings. The molecule has 3 aliphatic carbocycles. The van der Waals surface area contributed by atoms with E-state index in [0.29, 0.717) is 0 Å². The monoisotopic (exact) mass is 168 g/mol. The summed E-state index contributed by atoms with van der Waals surface area (Å²) in [6.45, 7) is -0.602. The summed E-state index contributed by atoms with van der Waals surface area (Å²) in [5, 5.41) is 0. The van der Waals surface area contributed by atoms with E-state index < -0.39 is 6.89 Å². The third-order valence-electron chi connectivity index (χ3n) is 3.68. The molecular formula is C10H17P. The highest BCUT2D eigenvalue weighted by Gasteiger charge is 2.51. The molecule has 0 heterocycles. The van der Waals surface area contributed by atoms with Gasteiger partial charge in [-0.1, -0.05) is 6.30 Å². The molecule has 0 spiro atoms. The van der Waals surface area contributed by atoms with Gasteiger partial charge >= 0.3 is 0 Å². The average Bonchev–Trinajstić information content (AvgIpc) is 2.81. The zero-order chi connectivity index (χ0) is 7.47. The first-order chi connectivity index (χ1) is 5.32. The second-order valence-corrected chi connectivity index (χ2v) is 8.87. The SMILES string of the molecule is C=P(C1CC1)(C1CC1)C1CC1. The highest BCUT2D eigenvalue weighted by molar-refractivity contribution is 7.76. The van der Waals surface area contributed by atoms with Crippen molar-refractivity contribution in [1.29, 1.82) is 0 Å². The van der Waals surface area contributed by atoms with Gasteiger partial charge in [-0.25, -0.2) is 0 Å². The molecule has 0 aliphatic heterocycles. The molecule has 3 aliphatic rings. The molecule has 1 heteroatoms. The first kappa shape index (κ1) is 6.78. The Bertz CT molecular complexity index is 181. The summed E-state index contributed by atoms with van der Waals surface area (Å²) in [4.78, 5) is 0. The molecule has 0 unspecified atom stereocenters. The predicted molar refractivity (Wildman–Crippen MR) is 53.1 cm³/mol. The standard InChI is InChI=1S/C10H17P/c1-11(8-2-3-8,9-4-5-9)10-6-7-10/h8-10H,1-7H2. The molecule has 0 amide bonds. The van der Waals surface area contributed by atoms with Crippen molar-refractivity contribution in [1.82, 2.24) is 0 Å². The molecular weight excluding hydrogens is 151 g/mol. The summed E-state index contributed by atoms with van der Waals surface area (Å²) in [5.74, 6) is 0. The Morgan fingerprint density at radius 2 is 1.00 bits per heavy atom. The van der Waals surface area contributed by atoms with Gasteiger partial charge in [0.05, 0.1) is 0 Å². The second kappa shape index (κ2) is 1.96. The molecule has 0 atom stereocenters. The van der Waals surface area contributed by atoms with Gasteiger partial charge in [-0.05, 0) is 55.5 Å². The first-order valence-electron chi connectivity index (χ1n) is 5.04. The van der Waals surface area contributed by atoms with Gasteiger partial charge in [0.2, 0.25) is 0 Å². The summed E-state index contributed by atoms with van der Waals surface area (Å²) in [5.41, 5.74) is 3.47. The minimum absolute atomic E-state index is 0.602. The molecule has 3 rings (SSSR count).